The second kappa shape index (κ2) is 9.53. The minimum absolute atomic E-state index is 0.621. The number of rotatable bonds is 9. The fourth-order valence-electron chi connectivity index (χ4n) is 1.56. The Morgan fingerprint density at radius 2 is 1.73 bits per heavy atom. The lowest BCUT2D eigenvalue weighted by Gasteiger charge is -2.21. The number of thioether (sulfide) groups is 1. The summed E-state index contributed by atoms with van der Waals surface area (Å²) in [4.78, 5) is 0. The third kappa shape index (κ3) is 9.25. The van der Waals surface area contributed by atoms with Gasteiger partial charge in [-0.2, -0.15) is 11.8 Å². The van der Waals surface area contributed by atoms with E-state index in [1.807, 2.05) is 0 Å². The molecule has 0 aromatic rings. The highest BCUT2D eigenvalue weighted by molar-refractivity contribution is 7.99. The van der Waals surface area contributed by atoms with Crippen molar-refractivity contribution in [2.45, 2.75) is 53.5 Å². The smallest absolute Gasteiger partial charge is 0.00104 e. The van der Waals surface area contributed by atoms with Crippen LogP contribution in [0.4, 0.5) is 0 Å². The molecule has 0 aromatic carbocycles. The minimum Gasteiger partial charge on any atom is -0.314 e. The Hall–Kier alpha value is 0.310. The molecule has 0 fully saturated rings. The summed E-state index contributed by atoms with van der Waals surface area (Å²) in [6, 6.07) is 0.621. The summed E-state index contributed by atoms with van der Waals surface area (Å²) in [6.45, 7) is 12.6. The SMILES string of the molecule is CCSCCCC(C)C(C)CNC(C)C. The molecule has 1 N–H and O–H groups in total. The lowest BCUT2D eigenvalue weighted by Crippen LogP contribution is -2.30. The zero-order chi connectivity index (χ0) is 11.7. The van der Waals surface area contributed by atoms with E-state index in [4.69, 9.17) is 0 Å². The molecule has 1 nitrogen and oxygen atoms in total. The van der Waals surface area contributed by atoms with Crippen molar-refractivity contribution in [1.82, 2.24) is 5.32 Å². The van der Waals surface area contributed by atoms with Crippen molar-refractivity contribution in [3.05, 3.63) is 0 Å². The van der Waals surface area contributed by atoms with Crippen LogP contribution in [0.2, 0.25) is 0 Å². The van der Waals surface area contributed by atoms with Crippen LogP contribution in [-0.4, -0.2) is 24.1 Å². The van der Waals surface area contributed by atoms with Gasteiger partial charge < -0.3 is 5.32 Å². The highest BCUT2D eigenvalue weighted by atomic mass is 32.2. The molecule has 0 aliphatic heterocycles. The van der Waals surface area contributed by atoms with Gasteiger partial charge in [-0.1, -0.05) is 34.6 Å². The molecular weight excluding hydrogens is 202 g/mol. The highest BCUT2D eigenvalue weighted by Crippen LogP contribution is 2.17. The van der Waals surface area contributed by atoms with Gasteiger partial charge in [0.2, 0.25) is 0 Å². The van der Waals surface area contributed by atoms with Crippen molar-refractivity contribution in [3.8, 4) is 0 Å². The van der Waals surface area contributed by atoms with Gasteiger partial charge in [0.1, 0.15) is 0 Å². The molecule has 0 heterocycles. The van der Waals surface area contributed by atoms with Crippen LogP contribution < -0.4 is 5.32 Å². The van der Waals surface area contributed by atoms with E-state index in [1.54, 1.807) is 0 Å². The van der Waals surface area contributed by atoms with E-state index in [0.29, 0.717) is 6.04 Å². The van der Waals surface area contributed by atoms with Crippen molar-refractivity contribution >= 4 is 11.8 Å². The number of hydrogen-bond acceptors (Lipinski definition) is 2. The third-order valence-corrected chi connectivity index (χ3v) is 3.96. The minimum atomic E-state index is 0.621. The Morgan fingerprint density at radius 1 is 1.07 bits per heavy atom. The first-order valence-electron chi connectivity index (χ1n) is 6.39. The lowest BCUT2D eigenvalue weighted by molar-refractivity contribution is 0.336. The molecule has 15 heavy (non-hydrogen) atoms. The molecule has 0 aliphatic rings. The zero-order valence-corrected chi connectivity index (χ0v) is 12.0. The van der Waals surface area contributed by atoms with Crippen LogP contribution in [0.5, 0.6) is 0 Å². The standard InChI is InChI=1S/C13H29NS/c1-6-15-9-7-8-12(4)13(5)10-14-11(2)3/h11-14H,6-10H2,1-5H3. The summed E-state index contributed by atoms with van der Waals surface area (Å²) in [6.07, 6.45) is 2.76. The van der Waals surface area contributed by atoms with E-state index < -0.39 is 0 Å². The molecule has 0 radical (unpaired) electrons. The second-order valence-electron chi connectivity index (χ2n) is 4.86. The van der Waals surface area contributed by atoms with Gasteiger partial charge in [0.15, 0.2) is 0 Å². The first kappa shape index (κ1) is 15.3. The maximum Gasteiger partial charge on any atom is 0.00104 e. The quantitative estimate of drug-likeness (QED) is 0.606. The maximum atomic E-state index is 3.52. The van der Waals surface area contributed by atoms with Gasteiger partial charge in [-0.05, 0) is 42.7 Å². The van der Waals surface area contributed by atoms with E-state index in [0.717, 1.165) is 11.8 Å². The second-order valence-corrected chi connectivity index (χ2v) is 6.25. The van der Waals surface area contributed by atoms with Crippen LogP contribution in [0.3, 0.4) is 0 Å². The van der Waals surface area contributed by atoms with Gasteiger partial charge in [-0.25, -0.2) is 0 Å². The van der Waals surface area contributed by atoms with Gasteiger partial charge in [-0.15, -0.1) is 0 Å². The number of nitrogens with one attached hydrogen (secondary N) is 1. The van der Waals surface area contributed by atoms with E-state index in [9.17, 15) is 0 Å². The molecule has 0 spiro atoms. The molecule has 0 saturated heterocycles. The van der Waals surface area contributed by atoms with E-state index in [1.165, 1.54) is 30.9 Å². The molecule has 2 atom stereocenters. The topological polar surface area (TPSA) is 12.0 Å². The van der Waals surface area contributed by atoms with Gasteiger partial charge in [-0.3, -0.25) is 0 Å². The predicted molar refractivity (Wildman–Crippen MR) is 73.7 cm³/mol. The molecule has 2 heteroatoms. The summed E-state index contributed by atoms with van der Waals surface area (Å²) < 4.78 is 0. The van der Waals surface area contributed by atoms with E-state index >= 15 is 0 Å². The number of hydrogen-bond donors (Lipinski definition) is 1. The Bertz CT molecular complexity index is 136. The average Bonchev–Trinajstić information content (AvgIpc) is 2.20. The third-order valence-electron chi connectivity index (χ3n) is 2.97. The lowest BCUT2D eigenvalue weighted by atomic mass is 9.91. The fraction of sp³-hybridized carbons (Fsp3) is 1.00. The van der Waals surface area contributed by atoms with Crippen LogP contribution >= 0.6 is 11.8 Å². The largest absolute Gasteiger partial charge is 0.314 e. The Morgan fingerprint density at radius 3 is 2.27 bits per heavy atom. The fourth-order valence-corrected chi connectivity index (χ4v) is 2.22. The Labute approximate surface area is 101 Å². The predicted octanol–water partition coefficient (Wildman–Crippen LogP) is 3.79. The Kier molecular flexibility index (Phi) is 9.73. The van der Waals surface area contributed by atoms with Gasteiger partial charge in [0.05, 0.1) is 0 Å². The average molecular weight is 231 g/mol. The molecular formula is C13H29NS. The van der Waals surface area contributed by atoms with Crippen LogP contribution in [0, 0.1) is 11.8 Å². The normalized spacial score (nSPS) is 15.6. The summed E-state index contributed by atoms with van der Waals surface area (Å²) in [5, 5.41) is 3.52. The first-order valence-corrected chi connectivity index (χ1v) is 7.54. The molecule has 2 unspecified atom stereocenters. The van der Waals surface area contributed by atoms with Crippen molar-refractivity contribution < 1.29 is 0 Å². The van der Waals surface area contributed by atoms with Gasteiger partial charge >= 0.3 is 0 Å². The molecule has 0 amide bonds. The van der Waals surface area contributed by atoms with Crippen molar-refractivity contribution in [1.29, 1.82) is 0 Å². The van der Waals surface area contributed by atoms with Gasteiger partial charge in [0.25, 0.3) is 0 Å². The van der Waals surface area contributed by atoms with Crippen LogP contribution in [0.25, 0.3) is 0 Å². The summed E-state index contributed by atoms with van der Waals surface area (Å²) in [5.74, 6) is 4.26. The summed E-state index contributed by atoms with van der Waals surface area (Å²) >= 11 is 2.06. The van der Waals surface area contributed by atoms with E-state index in [-0.39, 0.29) is 0 Å². The summed E-state index contributed by atoms with van der Waals surface area (Å²) in [7, 11) is 0. The van der Waals surface area contributed by atoms with Crippen molar-refractivity contribution in [2.75, 3.05) is 18.1 Å². The van der Waals surface area contributed by atoms with Crippen LogP contribution in [0.15, 0.2) is 0 Å². The maximum absolute atomic E-state index is 3.52. The molecule has 0 aliphatic carbocycles. The molecule has 0 saturated carbocycles. The molecule has 92 valence electrons. The zero-order valence-electron chi connectivity index (χ0n) is 11.2. The molecule has 0 rings (SSSR count). The van der Waals surface area contributed by atoms with Crippen LogP contribution in [0.1, 0.15) is 47.5 Å². The Balaban J connectivity index is 3.46. The van der Waals surface area contributed by atoms with Crippen molar-refractivity contribution in [3.63, 3.8) is 0 Å². The highest BCUT2D eigenvalue weighted by Gasteiger charge is 2.11. The summed E-state index contributed by atoms with van der Waals surface area (Å²) in [5.41, 5.74) is 0. The first-order chi connectivity index (χ1) is 7.07. The van der Waals surface area contributed by atoms with E-state index in [2.05, 4.69) is 51.7 Å². The van der Waals surface area contributed by atoms with Crippen LogP contribution in [-0.2, 0) is 0 Å². The van der Waals surface area contributed by atoms with Gasteiger partial charge in [0, 0.05) is 6.04 Å². The monoisotopic (exact) mass is 231 g/mol. The molecule has 0 aromatic heterocycles. The molecule has 0 bridgehead atoms. The van der Waals surface area contributed by atoms with Crippen molar-refractivity contribution in [2.24, 2.45) is 11.8 Å².